The number of benzene rings is 3. The van der Waals surface area contributed by atoms with Gasteiger partial charge in [-0.1, -0.05) is 36.4 Å². The van der Waals surface area contributed by atoms with Crippen LogP contribution in [0.25, 0.3) is 22.1 Å². The van der Waals surface area contributed by atoms with E-state index in [1.165, 1.54) is 0 Å². The molecule has 3 N–H and O–H groups in total. The van der Waals surface area contributed by atoms with Crippen LogP contribution < -0.4 is 10.5 Å². The van der Waals surface area contributed by atoms with Crippen LogP contribution in [-0.2, 0) is 35.6 Å². The molecule has 0 saturated carbocycles. The Bertz CT molecular complexity index is 1420. The summed E-state index contributed by atoms with van der Waals surface area (Å²) in [6.45, 7) is 7.42. The molecule has 3 aromatic carbocycles. The monoisotopic (exact) mass is 514 g/mol. The first kappa shape index (κ1) is 26.0. The van der Waals surface area contributed by atoms with Crippen LogP contribution in [0.2, 0.25) is 0 Å². The molecule has 0 amide bonds. The quantitative estimate of drug-likeness (QED) is 0.310. The van der Waals surface area contributed by atoms with Gasteiger partial charge in [0.15, 0.2) is 0 Å². The van der Waals surface area contributed by atoms with E-state index in [-0.39, 0.29) is 25.2 Å². The van der Waals surface area contributed by atoms with Crippen molar-refractivity contribution in [3.05, 3.63) is 89.2 Å². The summed E-state index contributed by atoms with van der Waals surface area (Å²) in [4.78, 5) is 13.7. The Morgan fingerprint density at radius 2 is 1.79 bits per heavy atom. The molecular weight excluding hydrogens is 480 g/mol. The molecule has 1 fully saturated rings. The predicted octanol–water partition coefficient (Wildman–Crippen LogP) is 5.37. The number of hydrogen-bond acceptors (Lipinski definition) is 6. The van der Waals surface area contributed by atoms with Gasteiger partial charge in [-0.15, -0.1) is 0 Å². The molecule has 4 aromatic rings. The minimum absolute atomic E-state index is 0.0928. The molecule has 1 aliphatic heterocycles. The van der Waals surface area contributed by atoms with Crippen molar-refractivity contribution in [2.45, 2.75) is 52.2 Å². The molecule has 1 aliphatic rings. The topological polar surface area (TPSA) is 98.2 Å². The number of carbonyl (C=O) groups is 1. The second kappa shape index (κ2) is 11.4. The number of carboxylic acids is 1. The van der Waals surface area contributed by atoms with Crippen LogP contribution in [-0.4, -0.2) is 41.3 Å². The van der Waals surface area contributed by atoms with Crippen molar-refractivity contribution >= 4 is 16.9 Å². The van der Waals surface area contributed by atoms with Crippen molar-refractivity contribution in [1.82, 2.24) is 4.90 Å². The number of furan rings is 1. The van der Waals surface area contributed by atoms with Crippen LogP contribution in [0.4, 0.5) is 0 Å². The lowest BCUT2D eigenvalue weighted by Gasteiger charge is -2.35. The number of carboxylic acid groups (broad SMARTS) is 1. The lowest BCUT2D eigenvalue weighted by molar-refractivity contribution is -0.136. The number of fused-ring (bicyclic) bond motifs is 1. The van der Waals surface area contributed by atoms with Gasteiger partial charge >= 0.3 is 5.97 Å². The lowest BCUT2D eigenvalue weighted by Crippen LogP contribution is -2.44. The smallest absolute Gasteiger partial charge is 0.307 e. The van der Waals surface area contributed by atoms with Gasteiger partial charge < -0.3 is 24.7 Å². The fourth-order valence-electron chi connectivity index (χ4n) is 5.30. The second-order valence-corrected chi connectivity index (χ2v) is 10.1. The van der Waals surface area contributed by atoms with Crippen molar-refractivity contribution in [3.8, 4) is 16.9 Å². The largest absolute Gasteiger partial charge is 0.488 e. The van der Waals surface area contributed by atoms with E-state index in [0.29, 0.717) is 17.9 Å². The van der Waals surface area contributed by atoms with Crippen molar-refractivity contribution in [2.75, 3.05) is 13.1 Å². The third-order valence-electron chi connectivity index (χ3n) is 6.91. The van der Waals surface area contributed by atoms with E-state index in [0.717, 1.165) is 58.4 Å². The Morgan fingerprint density at radius 1 is 1.00 bits per heavy atom. The Kier molecular flexibility index (Phi) is 7.79. The molecule has 198 valence electrons. The number of morpholine rings is 1. The van der Waals surface area contributed by atoms with Gasteiger partial charge in [0.05, 0.1) is 24.9 Å². The van der Waals surface area contributed by atoms with E-state index in [4.69, 9.17) is 19.6 Å². The normalized spacial score (nSPS) is 18.1. The zero-order valence-electron chi connectivity index (χ0n) is 21.9. The molecule has 2 atom stereocenters. The zero-order chi connectivity index (χ0) is 26.6. The summed E-state index contributed by atoms with van der Waals surface area (Å²) < 4.78 is 18.2. The van der Waals surface area contributed by atoms with Crippen LogP contribution in [0.1, 0.15) is 36.1 Å². The first-order chi connectivity index (χ1) is 18.4. The van der Waals surface area contributed by atoms with Gasteiger partial charge in [-0.25, -0.2) is 0 Å². The summed E-state index contributed by atoms with van der Waals surface area (Å²) in [5, 5.41) is 10.3. The van der Waals surface area contributed by atoms with E-state index in [2.05, 4.69) is 43.0 Å². The highest BCUT2D eigenvalue weighted by Gasteiger charge is 2.24. The van der Waals surface area contributed by atoms with Crippen LogP contribution in [0.15, 0.2) is 71.3 Å². The van der Waals surface area contributed by atoms with Gasteiger partial charge in [0.25, 0.3) is 0 Å². The average Bonchev–Trinajstić information content (AvgIpc) is 3.30. The van der Waals surface area contributed by atoms with Crippen molar-refractivity contribution in [3.63, 3.8) is 0 Å². The number of rotatable bonds is 9. The number of nitrogens with two attached hydrogens (primary N) is 1. The van der Waals surface area contributed by atoms with E-state index < -0.39 is 5.97 Å². The highest BCUT2D eigenvalue weighted by atomic mass is 16.5. The summed E-state index contributed by atoms with van der Waals surface area (Å²) in [6.07, 6.45) is 2.00. The highest BCUT2D eigenvalue weighted by Crippen LogP contribution is 2.34. The molecule has 7 heteroatoms. The molecule has 0 unspecified atom stereocenters. The maximum atomic E-state index is 11.3. The molecule has 0 bridgehead atoms. The summed E-state index contributed by atoms with van der Waals surface area (Å²) in [6, 6.07) is 19.9. The SMILES string of the molecule is C[C@@H]1CN(Cc2cc(-c3cccc(CN)c3)cc3c(COc4ccccc4CC(=O)O)coc23)C[C@H](C)O1. The molecular formula is C31H34N2O5. The van der Waals surface area contributed by atoms with E-state index in [1.54, 1.807) is 18.4 Å². The molecule has 5 rings (SSSR count). The first-order valence-electron chi connectivity index (χ1n) is 13.0. The van der Waals surface area contributed by atoms with Crippen molar-refractivity contribution in [1.29, 1.82) is 0 Å². The van der Waals surface area contributed by atoms with Gasteiger partial charge in [0, 0.05) is 48.3 Å². The number of aliphatic carboxylic acids is 1. The van der Waals surface area contributed by atoms with Crippen molar-refractivity contribution < 1.29 is 23.8 Å². The van der Waals surface area contributed by atoms with Crippen LogP contribution in [0.3, 0.4) is 0 Å². The zero-order valence-corrected chi connectivity index (χ0v) is 21.9. The number of hydrogen-bond donors (Lipinski definition) is 2. The Labute approximate surface area is 222 Å². The summed E-state index contributed by atoms with van der Waals surface area (Å²) >= 11 is 0. The molecule has 38 heavy (non-hydrogen) atoms. The summed E-state index contributed by atoms with van der Waals surface area (Å²) in [5.74, 6) is -0.330. The molecule has 2 heterocycles. The summed E-state index contributed by atoms with van der Waals surface area (Å²) in [7, 11) is 0. The van der Waals surface area contributed by atoms with Gasteiger partial charge in [0.1, 0.15) is 17.9 Å². The third kappa shape index (κ3) is 5.91. The Balaban J connectivity index is 1.51. The molecule has 0 spiro atoms. The Morgan fingerprint density at radius 3 is 2.55 bits per heavy atom. The first-order valence-corrected chi connectivity index (χ1v) is 13.0. The third-order valence-corrected chi connectivity index (χ3v) is 6.91. The number of nitrogens with zero attached hydrogens (tertiary/aromatic N) is 1. The maximum Gasteiger partial charge on any atom is 0.307 e. The average molecular weight is 515 g/mol. The van der Waals surface area contributed by atoms with Gasteiger partial charge in [-0.2, -0.15) is 0 Å². The lowest BCUT2D eigenvalue weighted by atomic mass is 9.97. The molecule has 0 radical (unpaired) electrons. The molecule has 0 aliphatic carbocycles. The van der Waals surface area contributed by atoms with Gasteiger partial charge in [-0.05, 0) is 54.8 Å². The molecule has 1 saturated heterocycles. The highest BCUT2D eigenvalue weighted by molar-refractivity contribution is 5.89. The van der Waals surface area contributed by atoms with Gasteiger partial charge in [0.2, 0.25) is 0 Å². The predicted molar refractivity (Wildman–Crippen MR) is 147 cm³/mol. The molecule has 1 aromatic heterocycles. The second-order valence-electron chi connectivity index (χ2n) is 10.1. The van der Waals surface area contributed by atoms with E-state index in [1.807, 2.05) is 24.3 Å². The Hall–Kier alpha value is -3.65. The maximum absolute atomic E-state index is 11.3. The van der Waals surface area contributed by atoms with Crippen LogP contribution in [0, 0.1) is 0 Å². The summed E-state index contributed by atoms with van der Waals surface area (Å²) in [5.41, 5.74) is 12.7. The molecule has 7 nitrogen and oxygen atoms in total. The minimum atomic E-state index is -0.893. The van der Waals surface area contributed by atoms with Gasteiger partial charge in [-0.3, -0.25) is 9.69 Å². The van der Waals surface area contributed by atoms with Crippen LogP contribution in [0.5, 0.6) is 5.75 Å². The number of ether oxygens (including phenoxy) is 2. The minimum Gasteiger partial charge on any atom is -0.488 e. The van der Waals surface area contributed by atoms with E-state index in [9.17, 15) is 9.90 Å². The van der Waals surface area contributed by atoms with E-state index >= 15 is 0 Å². The van der Waals surface area contributed by atoms with Crippen LogP contribution >= 0.6 is 0 Å². The fraction of sp³-hybridized carbons (Fsp3) is 0.323. The standard InChI is InChI=1S/C31H34N2O5/c1-20-15-33(16-21(2)38-20)17-26-11-25(23-8-5-6-22(10-23)14-32)12-28-27(19-37-31(26)28)18-36-29-9-4-3-7-24(29)13-30(34)35/h3-12,19-21H,13-18,32H2,1-2H3,(H,34,35)/t20-,21+. The fourth-order valence-corrected chi connectivity index (χ4v) is 5.30. The van der Waals surface area contributed by atoms with Crippen molar-refractivity contribution in [2.24, 2.45) is 5.73 Å². The number of para-hydroxylation sites is 1.